The number of rotatable bonds is 2. The molecule has 3 nitrogen and oxygen atoms in total. The lowest BCUT2D eigenvalue weighted by molar-refractivity contribution is 0.00775. The Labute approximate surface area is 79.2 Å². The van der Waals surface area contributed by atoms with E-state index >= 15 is 0 Å². The van der Waals surface area contributed by atoms with Crippen molar-refractivity contribution in [3.63, 3.8) is 0 Å². The lowest BCUT2D eigenvalue weighted by Crippen LogP contribution is -2.75. The highest BCUT2D eigenvalue weighted by molar-refractivity contribution is 5.10. The molecule has 2 atom stereocenters. The van der Waals surface area contributed by atoms with Crippen LogP contribution in [0.25, 0.3) is 0 Å². The Hall–Kier alpha value is -0.120. The minimum absolute atomic E-state index is 0.641. The summed E-state index contributed by atoms with van der Waals surface area (Å²) in [5.74, 6) is 0.829. The molecule has 2 N–H and O–H groups in total. The average Bonchev–Trinajstić information content (AvgIpc) is 2.47. The third-order valence-corrected chi connectivity index (χ3v) is 3.99. The summed E-state index contributed by atoms with van der Waals surface area (Å²) in [6.45, 7) is 5.69. The molecule has 0 radical (unpaired) electrons. The Morgan fingerprint density at radius 3 is 2.69 bits per heavy atom. The summed E-state index contributed by atoms with van der Waals surface area (Å²) in [7, 11) is 0. The number of hydrogen-bond acceptors (Lipinski definition) is 3. The van der Waals surface area contributed by atoms with E-state index in [1.54, 1.807) is 0 Å². The van der Waals surface area contributed by atoms with Crippen molar-refractivity contribution in [1.82, 2.24) is 10.6 Å². The molecule has 3 aliphatic heterocycles. The van der Waals surface area contributed by atoms with Gasteiger partial charge in [0.1, 0.15) is 0 Å². The maximum absolute atomic E-state index is 5.40. The predicted molar refractivity (Wildman–Crippen MR) is 50.6 cm³/mol. The van der Waals surface area contributed by atoms with Crippen molar-refractivity contribution in [1.29, 1.82) is 0 Å². The summed E-state index contributed by atoms with van der Waals surface area (Å²) in [4.78, 5) is 0. The van der Waals surface area contributed by atoms with E-state index in [1.165, 1.54) is 32.5 Å². The Bertz CT molecular complexity index is 192. The summed E-state index contributed by atoms with van der Waals surface area (Å²) in [6, 6.07) is 0.778. The highest BCUT2D eigenvalue weighted by Gasteiger charge is 2.51. The fraction of sp³-hybridized carbons (Fsp3) is 1.00. The van der Waals surface area contributed by atoms with E-state index in [4.69, 9.17) is 4.74 Å². The SMILES string of the molecule is C1CC(CC2NCC23CNC3)CO1. The van der Waals surface area contributed by atoms with Gasteiger partial charge >= 0.3 is 0 Å². The largest absolute Gasteiger partial charge is 0.381 e. The van der Waals surface area contributed by atoms with Crippen LogP contribution in [0, 0.1) is 11.3 Å². The van der Waals surface area contributed by atoms with Gasteiger partial charge in [-0.15, -0.1) is 0 Å². The fourth-order valence-electron chi connectivity index (χ4n) is 2.79. The molecule has 0 aromatic heterocycles. The summed E-state index contributed by atoms with van der Waals surface area (Å²) in [6.07, 6.45) is 2.61. The molecule has 3 saturated heterocycles. The van der Waals surface area contributed by atoms with Crippen molar-refractivity contribution in [2.24, 2.45) is 11.3 Å². The summed E-state index contributed by atoms with van der Waals surface area (Å²) in [5.41, 5.74) is 0.641. The normalized spacial score (nSPS) is 41.5. The molecular weight excluding hydrogens is 164 g/mol. The van der Waals surface area contributed by atoms with Gasteiger partial charge in [-0.3, -0.25) is 0 Å². The molecule has 0 aliphatic carbocycles. The molecule has 3 rings (SSSR count). The van der Waals surface area contributed by atoms with Crippen LogP contribution in [0.4, 0.5) is 0 Å². The lowest BCUT2D eigenvalue weighted by Gasteiger charge is -2.57. The Morgan fingerprint density at radius 1 is 1.31 bits per heavy atom. The van der Waals surface area contributed by atoms with E-state index in [9.17, 15) is 0 Å². The molecule has 3 heteroatoms. The van der Waals surface area contributed by atoms with E-state index in [0.29, 0.717) is 5.41 Å². The first-order valence-corrected chi connectivity index (χ1v) is 5.41. The third kappa shape index (κ3) is 1.22. The summed E-state index contributed by atoms with van der Waals surface area (Å²) >= 11 is 0. The van der Waals surface area contributed by atoms with Crippen LogP contribution in [0.1, 0.15) is 12.8 Å². The fourth-order valence-corrected chi connectivity index (χ4v) is 2.79. The van der Waals surface area contributed by atoms with Crippen LogP contribution in [0.5, 0.6) is 0 Å². The van der Waals surface area contributed by atoms with Crippen molar-refractivity contribution in [2.75, 3.05) is 32.8 Å². The van der Waals surface area contributed by atoms with Crippen molar-refractivity contribution in [3.8, 4) is 0 Å². The highest BCUT2D eigenvalue weighted by atomic mass is 16.5. The maximum atomic E-state index is 5.40. The summed E-state index contributed by atoms with van der Waals surface area (Å²) < 4.78 is 5.40. The standard InChI is InChI=1S/C10H18N2O/c1-2-13-4-8(1)3-9-10(7-12-9)5-11-6-10/h8-9,11-12H,1-7H2. The zero-order chi connectivity index (χ0) is 8.73. The molecule has 3 fully saturated rings. The maximum Gasteiger partial charge on any atom is 0.0495 e. The number of hydrogen-bond donors (Lipinski definition) is 2. The van der Waals surface area contributed by atoms with Gasteiger partial charge in [0.25, 0.3) is 0 Å². The van der Waals surface area contributed by atoms with Crippen molar-refractivity contribution in [3.05, 3.63) is 0 Å². The minimum Gasteiger partial charge on any atom is -0.381 e. The molecule has 3 aliphatic rings. The van der Waals surface area contributed by atoms with Crippen LogP contribution in [0.15, 0.2) is 0 Å². The minimum atomic E-state index is 0.641. The van der Waals surface area contributed by atoms with Crippen LogP contribution in [-0.2, 0) is 4.74 Å². The van der Waals surface area contributed by atoms with Crippen molar-refractivity contribution >= 4 is 0 Å². The van der Waals surface area contributed by atoms with Gasteiger partial charge in [-0.2, -0.15) is 0 Å². The Kier molecular flexibility index (Phi) is 1.86. The summed E-state index contributed by atoms with van der Waals surface area (Å²) in [5, 5.41) is 6.96. The topological polar surface area (TPSA) is 33.3 Å². The quantitative estimate of drug-likeness (QED) is 0.629. The monoisotopic (exact) mass is 182 g/mol. The van der Waals surface area contributed by atoms with Gasteiger partial charge in [0, 0.05) is 44.3 Å². The number of nitrogens with one attached hydrogen (secondary N) is 2. The van der Waals surface area contributed by atoms with Crippen molar-refractivity contribution in [2.45, 2.75) is 18.9 Å². The first kappa shape index (κ1) is 8.21. The molecule has 0 saturated carbocycles. The molecule has 13 heavy (non-hydrogen) atoms. The third-order valence-electron chi connectivity index (χ3n) is 3.99. The molecular formula is C10H18N2O. The van der Waals surface area contributed by atoms with Crippen LogP contribution in [0.3, 0.4) is 0 Å². The van der Waals surface area contributed by atoms with Gasteiger partial charge in [-0.25, -0.2) is 0 Å². The number of ether oxygens (including phenoxy) is 1. The van der Waals surface area contributed by atoms with E-state index in [2.05, 4.69) is 10.6 Å². The zero-order valence-corrected chi connectivity index (χ0v) is 8.01. The van der Waals surface area contributed by atoms with Crippen LogP contribution in [0.2, 0.25) is 0 Å². The van der Waals surface area contributed by atoms with Gasteiger partial charge in [0.15, 0.2) is 0 Å². The molecule has 1 spiro atoms. The predicted octanol–water partition coefficient (Wildman–Crippen LogP) is -0.0256. The molecule has 0 aromatic rings. The molecule has 2 unspecified atom stereocenters. The molecule has 0 amide bonds. The Balaban J connectivity index is 1.54. The van der Waals surface area contributed by atoms with Crippen molar-refractivity contribution < 1.29 is 4.74 Å². The molecule has 0 bridgehead atoms. The van der Waals surface area contributed by atoms with E-state index in [0.717, 1.165) is 25.2 Å². The van der Waals surface area contributed by atoms with E-state index in [1.807, 2.05) is 0 Å². The van der Waals surface area contributed by atoms with E-state index in [-0.39, 0.29) is 0 Å². The smallest absolute Gasteiger partial charge is 0.0495 e. The molecule has 0 aromatic carbocycles. The Morgan fingerprint density at radius 2 is 2.23 bits per heavy atom. The molecule has 74 valence electrons. The van der Waals surface area contributed by atoms with Gasteiger partial charge in [-0.1, -0.05) is 0 Å². The highest BCUT2D eigenvalue weighted by Crippen LogP contribution is 2.38. The second-order valence-corrected chi connectivity index (χ2v) is 4.86. The van der Waals surface area contributed by atoms with Gasteiger partial charge in [0.2, 0.25) is 0 Å². The van der Waals surface area contributed by atoms with Crippen LogP contribution < -0.4 is 10.6 Å². The lowest BCUT2D eigenvalue weighted by atomic mass is 9.66. The van der Waals surface area contributed by atoms with Gasteiger partial charge in [-0.05, 0) is 18.8 Å². The van der Waals surface area contributed by atoms with Crippen LogP contribution in [-0.4, -0.2) is 38.9 Å². The zero-order valence-electron chi connectivity index (χ0n) is 8.01. The first-order valence-electron chi connectivity index (χ1n) is 5.41. The van der Waals surface area contributed by atoms with Crippen LogP contribution >= 0.6 is 0 Å². The second kappa shape index (κ2) is 2.94. The average molecular weight is 182 g/mol. The van der Waals surface area contributed by atoms with Gasteiger partial charge < -0.3 is 15.4 Å². The second-order valence-electron chi connectivity index (χ2n) is 4.86. The van der Waals surface area contributed by atoms with Gasteiger partial charge in [0.05, 0.1) is 0 Å². The first-order chi connectivity index (χ1) is 6.39. The molecule has 3 heterocycles. The van der Waals surface area contributed by atoms with E-state index < -0.39 is 0 Å².